The second-order valence-corrected chi connectivity index (χ2v) is 10.6. The van der Waals surface area contributed by atoms with E-state index in [2.05, 4.69) is 10.00 Å². The number of piperidine rings is 1. The highest BCUT2D eigenvalue weighted by Gasteiger charge is 2.52. The predicted molar refractivity (Wildman–Crippen MR) is 136 cm³/mol. The molecule has 3 heterocycles. The minimum atomic E-state index is -0.770. The van der Waals surface area contributed by atoms with Crippen molar-refractivity contribution in [1.82, 2.24) is 14.7 Å². The summed E-state index contributed by atoms with van der Waals surface area (Å²) in [4.78, 5) is 18.0. The van der Waals surface area contributed by atoms with Crippen LogP contribution in [0.15, 0.2) is 54.9 Å². The Hall–Kier alpha value is -3.06. The van der Waals surface area contributed by atoms with Crippen molar-refractivity contribution in [2.24, 2.45) is 7.05 Å². The van der Waals surface area contributed by atoms with E-state index < -0.39 is 11.6 Å². The number of rotatable bonds is 4. The van der Waals surface area contributed by atoms with Crippen molar-refractivity contribution in [1.29, 1.82) is 0 Å². The van der Waals surface area contributed by atoms with Gasteiger partial charge in [-0.25, -0.2) is 8.78 Å². The number of aryl methyl sites for hydroxylation is 1. The molecule has 1 saturated heterocycles. The van der Waals surface area contributed by atoms with Crippen molar-refractivity contribution in [3.63, 3.8) is 0 Å². The number of likely N-dealkylation sites (tertiary alicyclic amines) is 1. The number of nitrogens with zero attached hydrogens (tertiary/aromatic N) is 4. The van der Waals surface area contributed by atoms with Crippen LogP contribution in [0.5, 0.6) is 0 Å². The van der Waals surface area contributed by atoms with Gasteiger partial charge in [0, 0.05) is 36.1 Å². The van der Waals surface area contributed by atoms with E-state index in [0.29, 0.717) is 37.9 Å². The van der Waals surface area contributed by atoms with Gasteiger partial charge in [-0.3, -0.25) is 14.4 Å². The standard InChI is InChI=1S/C29H32F2N4O/c1-33-18-22(17-32-33)20-10-11-21(25(31)16-20)19-35-26-8-4-2-6-23(26)29(28(35)36)12-14-34(15-13-29)27-9-5-3-7-24(27)30/h2,4,6,8,10-11,16-18,24,27H,3,5,7,9,12-15,19H2,1H3. The second-order valence-electron chi connectivity index (χ2n) is 10.6. The summed E-state index contributed by atoms with van der Waals surface area (Å²) in [7, 11) is 1.83. The van der Waals surface area contributed by atoms with Gasteiger partial charge in [0.1, 0.15) is 12.0 Å². The number of amides is 1. The number of anilines is 1. The summed E-state index contributed by atoms with van der Waals surface area (Å²) in [6, 6.07) is 13.1. The normalized spacial score (nSPS) is 23.9. The molecule has 2 fully saturated rings. The lowest BCUT2D eigenvalue weighted by atomic mass is 9.73. The number of hydrogen-bond acceptors (Lipinski definition) is 3. The van der Waals surface area contributed by atoms with Crippen LogP contribution in [0.4, 0.5) is 14.5 Å². The Bertz CT molecular complexity index is 1280. The van der Waals surface area contributed by atoms with Gasteiger partial charge in [-0.05, 0) is 62.0 Å². The number of carbonyl (C=O) groups is 1. The third-order valence-corrected chi connectivity index (χ3v) is 8.55. The SMILES string of the molecule is Cn1cc(-c2ccc(CN3C(=O)C4(CCN(C5CCCCC5F)CC4)c4ccccc43)c(F)c2)cn1. The predicted octanol–water partition coefficient (Wildman–Crippen LogP) is 5.39. The minimum absolute atomic E-state index is 0.0219. The van der Waals surface area contributed by atoms with Gasteiger partial charge in [0.15, 0.2) is 0 Å². The zero-order valence-electron chi connectivity index (χ0n) is 20.7. The summed E-state index contributed by atoms with van der Waals surface area (Å²) in [5.74, 6) is -0.289. The summed E-state index contributed by atoms with van der Waals surface area (Å²) in [5.41, 5.74) is 3.39. The number of fused-ring (bicyclic) bond motifs is 2. The fourth-order valence-electron chi connectivity index (χ4n) is 6.55. The van der Waals surface area contributed by atoms with Crippen LogP contribution in [-0.4, -0.2) is 45.9 Å². The zero-order chi connectivity index (χ0) is 24.9. The number of para-hydroxylation sites is 1. The maximum Gasteiger partial charge on any atom is 0.238 e. The zero-order valence-corrected chi connectivity index (χ0v) is 20.7. The number of carbonyl (C=O) groups excluding carboxylic acids is 1. The van der Waals surface area contributed by atoms with Crippen LogP contribution in [0.3, 0.4) is 0 Å². The van der Waals surface area contributed by atoms with Gasteiger partial charge < -0.3 is 4.90 Å². The lowest BCUT2D eigenvalue weighted by Crippen LogP contribution is -2.53. The molecule has 3 aliphatic rings. The van der Waals surface area contributed by atoms with Gasteiger partial charge in [0.25, 0.3) is 0 Å². The Morgan fingerprint density at radius 2 is 1.83 bits per heavy atom. The number of benzene rings is 2. The van der Waals surface area contributed by atoms with Crippen LogP contribution in [0.2, 0.25) is 0 Å². The van der Waals surface area contributed by atoms with Gasteiger partial charge in [0.05, 0.1) is 18.2 Å². The summed E-state index contributed by atoms with van der Waals surface area (Å²) in [5, 5.41) is 4.17. The number of alkyl halides is 1. The van der Waals surface area contributed by atoms with Gasteiger partial charge in [-0.2, -0.15) is 5.10 Å². The molecule has 2 unspecified atom stereocenters. The van der Waals surface area contributed by atoms with Gasteiger partial charge in [0.2, 0.25) is 5.91 Å². The van der Waals surface area contributed by atoms with Crippen LogP contribution >= 0.6 is 0 Å². The third-order valence-electron chi connectivity index (χ3n) is 8.55. The molecule has 0 N–H and O–H groups in total. The second kappa shape index (κ2) is 9.11. The molecule has 3 aromatic rings. The molecule has 1 amide bonds. The molecule has 5 nitrogen and oxygen atoms in total. The van der Waals surface area contributed by atoms with Crippen molar-refractivity contribution >= 4 is 11.6 Å². The summed E-state index contributed by atoms with van der Waals surface area (Å²) in [6.07, 6.45) is 7.73. The van der Waals surface area contributed by atoms with Crippen LogP contribution in [0.1, 0.15) is 49.7 Å². The first kappa shape index (κ1) is 23.3. The fourth-order valence-corrected chi connectivity index (χ4v) is 6.55. The molecule has 6 rings (SSSR count). The highest BCUT2D eigenvalue weighted by molar-refractivity contribution is 6.08. The molecule has 0 radical (unpaired) electrons. The number of halogens is 2. The van der Waals surface area contributed by atoms with Crippen molar-refractivity contribution in [3.8, 4) is 11.1 Å². The van der Waals surface area contributed by atoms with Crippen LogP contribution in [0.25, 0.3) is 11.1 Å². The van der Waals surface area contributed by atoms with E-state index in [1.54, 1.807) is 21.8 Å². The van der Waals surface area contributed by atoms with Gasteiger partial charge >= 0.3 is 0 Å². The van der Waals surface area contributed by atoms with E-state index in [9.17, 15) is 9.18 Å². The average Bonchev–Trinajstić information content (AvgIpc) is 3.42. The molecule has 188 valence electrons. The maximum absolute atomic E-state index is 15.2. The maximum atomic E-state index is 15.2. The van der Waals surface area contributed by atoms with Gasteiger partial charge in [-0.15, -0.1) is 0 Å². The monoisotopic (exact) mass is 490 g/mol. The van der Waals surface area contributed by atoms with Gasteiger partial charge in [-0.1, -0.05) is 43.2 Å². The Balaban J connectivity index is 1.24. The topological polar surface area (TPSA) is 41.4 Å². The lowest BCUT2D eigenvalue weighted by molar-refractivity contribution is -0.125. The highest BCUT2D eigenvalue weighted by atomic mass is 19.1. The van der Waals surface area contributed by atoms with Crippen LogP contribution in [0, 0.1) is 5.82 Å². The molecule has 2 atom stereocenters. The molecule has 1 saturated carbocycles. The molecule has 1 spiro atoms. The molecule has 7 heteroatoms. The molecular formula is C29H32F2N4O. The Morgan fingerprint density at radius 3 is 2.56 bits per heavy atom. The summed E-state index contributed by atoms with van der Waals surface area (Å²) in [6.45, 7) is 1.62. The summed E-state index contributed by atoms with van der Waals surface area (Å²) >= 11 is 0. The van der Waals surface area contributed by atoms with Crippen LogP contribution in [-0.2, 0) is 23.8 Å². The fraction of sp³-hybridized carbons (Fsp3) is 0.448. The van der Waals surface area contributed by atoms with Crippen molar-refractivity contribution in [2.75, 3.05) is 18.0 Å². The van der Waals surface area contributed by atoms with E-state index in [1.165, 1.54) is 6.07 Å². The van der Waals surface area contributed by atoms with E-state index in [0.717, 1.165) is 41.6 Å². The van der Waals surface area contributed by atoms with E-state index in [-0.39, 0.29) is 24.3 Å². The molecule has 0 bridgehead atoms. The lowest BCUT2D eigenvalue weighted by Gasteiger charge is -2.44. The molecule has 2 aromatic carbocycles. The first-order valence-corrected chi connectivity index (χ1v) is 13.0. The molecule has 1 aliphatic carbocycles. The quantitative estimate of drug-likeness (QED) is 0.493. The molecular weight excluding hydrogens is 458 g/mol. The van der Waals surface area contributed by atoms with E-state index >= 15 is 4.39 Å². The third kappa shape index (κ3) is 3.84. The largest absolute Gasteiger partial charge is 0.307 e. The number of hydrogen-bond donors (Lipinski definition) is 0. The Labute approximate surface area is 210 Å². The average molecular weight is 491 g/mol. The van der Waals surface area contributed by atoms with Crippen molar-refractivity contribution in [2.45, 2.75) is 62.7 Å². The number of aromatic nitrogens is 2. The van der Waals surface area contributed by atoms with E-state index in [4.69, 9.17) is 0 Å². The summed E-state index contributed by atoms with van der Waals surface area (Å²) < 4.78 is 31.5. The van der Waals surface area contributed by atoms with Crippen molar-refractivity contribution < 1.29 is 13.6 Å². The Kier molecular flexibility index (Phi) is 5.91. The minimum Gasteiger partial charge on any atom is -0.307 e. The molecule has 1 aromatic heterocycles. The van der Waals surface area contributed by atoms with E-state index in [1.807, 2.05) is 43.6 Å². The molecule has 2 aliphatic heterocycles. The smallest absolute Gasteiger partial charge is 0.238 e. The van der Waals surface area contributed by atoms with Crippen LogP contribution < -0.4 is 4.90 Å². The first-order valence-electron chi connectivity index (χ1n) is 13.0. The Morgan fingerprint density at radius 1 is 1.06 bits per heavy atom. The highest BCUT2D eigenvalue weighted by Crippen LogP contribution is 2.49. The first-order chi connectivity index (χ1) is 17.5. The molecule has 36 heavy (non-hydrogen) atoms. The van der Waals surface area contributed by atoms with Crippen molar-refractivity contribution in [3.05, 3.63) is 71.8 Å².